The van der Waals surface area contributed by atoms with Crippen LogP contribution in [-0.2, 0) is 189 Å². The summed E-state index contributed by atoms with van der Waals surface area (Å²) in [6, 6.07) is -6.35. The second-order valence-corrected chi connectivity index (χ2v) is 32.1. The zero-order valence-corrected chi connectivity index (χ0v) is 59.6. The Morgan fingerprint density at radius 1 is 0.462 bits per heavy atom. The summed E-state index contributed by atoms with van der Waals surface area (Å²) < 4.78 is 425. The Morgan fingerprint density at radius 2 is 0.915 bits per heavy atom. The van der Waals surface area contributed by atoms with Crippen LogP contribution in [-0.4, -0.2) is 373 Å². The summed E-state index contributed by atoms with van der Waals surface area (Å²) in [4.78, 5) is 25.6. The lowest BCUT2D eigenvalue weighted by molar-refractivity contribution is -0.378. The van der Waals surface area contributed by atoms with E-state index in [2.05, 4.69) is 33.5 Å². The molecule has 0 aliphatic carbocycles. The molecule has 0 saturated carbocycles. The molecule has 26 atom stereocenters. The summed E-state index contributed by atoms with van der Waals surface area (Å²) in [5.41, 5.74) is 0. The van der Waals surface area contributed by atoms with Gasteiger partial charge in [-0.25, -0.2) is 43.1 Å². The summed E-state index contributed by atoms with van der Waals surface area (Å²) in [6.07, 6.45) is -74.6. The summed E-state index contributed by atoms with van der Waals surface area (Å²) >= 11 is 0. The molecule has 0 aromatic carbocycles. The van der Waals surface area contributed by atoms with Crippen molar-refractivity contribution in [3.8, 4) is 0 Å². The number of aliphatic carboxylic acids is 2. The molecule has 4 aliphatic heterocycles. The van der Waals surface area contributed by atoms with Gasteiger partial charge in [-0.2, -0.15) is 93.6 Å². The highest BCUT2D eigenvalue weighted by molar-refractivity contribution is 7.84. The minimum Gasteiger partial charge on any atom is -0.502 e. The fraction of sp³-hybridized carbons (Fsp3) is 0.889. The highest BCUT2D eigenvalue weighted by Crippen LogP contribution is 2.39. The van der Waals surface area contributed by atoms with Gasteiger partial charge in [-0.3, -0.25) is 45.5 Å². The first kappa shape index (κ1) is 95.0. The lowest BCUT2D eigenvalue weighted by atomic mass is 9.94. The van der Waals surface area contributed by atoms with Crippen molar-refractivity contribution < 1.29 is 261 Å². The molecule has 21 N–H and O–H groups in total. The predicted molar refractivity (Wildman–Crippen MR) is 309 cm³/mol. The van der Waals surface area contributed by atoms with E-state index in [1.165, 1.54) is 0 Å². The Bertz CT molecular complexity index is 4260. The van der Waals surface area contributed by atoms with Crippen LogP contribution in [0.3, 0.4) is 0 Å². The molecular weight excluding hydrogens is 1710 g/mol. The minimum atomic E-state index is -6.36. The van der Waals surface area contributed by atoms with Crippen LogP contribution >= 0.6 is 0 Å². The van der Waals surface area contributed by atoms with Gasteiger partial charge in [0.1, 0.15) is 97.6 Å². The van der Waals surface area contributed by atoms with Crippen molar-refractivity contribution in [3.05, 3.63) is 11.8 Å². The van der Waals surface area contributed by atoms with Crippen molar-refractivity contribution in [2.45, 2.75) is 173 Å². The molecule has 0 aromatic heterocycles. The first-order valence-electron chi connectivity index (χ1n) is 27.1. The number of aliphatic hydroxyl groups excluding tert-OH is 7. The monoisotopic (exact) mass is 1770 g/mol. The van der Waals surface area contributed by atoms with Crippen LogP contribution in [0.2, 0.25) is 0 Å². The molecule has 70 heteroatoms. The summed E-state index contributed by atoms with van der Waals surface area (Å²) in [7, 11) is -60.6. The number of carboxylic acid groups (broad SMARTS) is 2. The molecule has 624 valence electrons. The Balaban J connectivity index is 2.14. The van der Waals surface area contributed by atoms with Gasteiger partial charge in [-0.1, -0.05) is 0 Å². The van der Waals surface area contributed by atoms with Gasteiger partial charge < -0.3 is 88.6 Å². The fourth-order valence-corrected chi connectivity index (χ4v) is 14.6. The largest absolute Gasteiger partial charge is 0.502 e. The highest BCUT2D eigenvalue weighted by Gasteiger charge is 2.61. The normalized spacial score (nSPS) is 32.8. The van der Waals surface area contributed by atoms with Gasteiger partial charge in [0.05, 0.1) is 44.7 Å². The van der Waals surface area contributed by atoms with Crippen LogP contribution < -0.4 is 9.44 Å². The Labute approximate surface area is 595 Å². The first-order chi connectivity index (χ1) is 47.7. The second kappa shape index (κ2) is 36.6. The molecule has 4 heterocycles. The van der Waals surface area contributed by atoms with Crippen molar-refractivity contribution in [1.82, 2.24) is 9.44 Å². The molecule has 4 fully saturated rings. The molecule has 0 spiro atoms. The highest BCUT2D eigenvalue weighted by atomic mass is 32.3. The lowest BCUT2D eigenvalue weighted by Gasteiger charge is -2.50. The molecule has 4 aliphatic rings. The third kappa shape index (κ3) is 30.9. The van der Waals surface area contributed by atoms with Crippen LogP contribution in [0.15, 0.2) is 11.8 Å². The minimum absolute atomic E-state index is 0.152. The number of nitrogens with one attached hydrogen (secondary N) is 2. The maximum Gasteiger partial charge on any atom is 0.397 e. The van der Waals surface area contributed by atoms with Gasteiger partial charge in [-0.15, -0.1) is 0 Å². The predicted octanol–water partition coefficient (Wildman–Crippen LogP) is -13.5. The lowest BCUT2D eigenvalue weighted by Crippen LogP contribution is -2.70. The average Bonchev–Trinajstić information content (AvgIpc) is 0.765. The van der Waals surface area contributed by atoms with Crippen molar-refractivity contribution in [1.29, 1.82) is 0 Å². The number of carbonyl (C=O) groups is 2. The van der Waals surface area contributed by atoms with Crippen molar-refractivity contribution in [2.24, 2.45) is 0 Å². The van der Waals surface area contributed by atoms with Crippen LogP contribution in [0, 0.1) is 0 Å². The van der Waals surface area contributed by atoms with Gasteiger partial charge >= 0.3 is 116 Å². The van der Waals surface area contributed by atoms with Gasteiger partial charge in [0.25, 0.3) is 0 Å². The second-order valence-electron chi connectivity index (χ2n) is 21.2. The zero-order chi connectivity index (χ0) is 81.7. The Kier molecular flexibility index (Phi) is 32.8. The van der Waals surface area contributed by atoms with E-state index in [-0.39, 0.29) is 6.08 Å². The maximum absolute atomic E-state index is 13.7. The van der Waals surface area contributed by atoms with Gasteiger partial charge in [0.2, 0.25) is 0 Å². The summed E-state index contributed by atoms with van der Waals surface area (Å²) in [6.45, 7) is -6.91. The van der Waals surface area contributed by atoms with Gasteiger partial charge in [0.15, 0.2) is 49.2 Å². The zero-order valence-electron chi connectivity index (χ0n) is 51.4. The standard InChI is InChI=1S/C36H62N2O58S10/c1-8-20(91-101(62,63)64)17(43)27(95-105(74,75)76)35(83-8)85-14(3-11(40)31(46)47)12(41)5-80-25-16(38-98(53,54)55)33(86-15(7-82-100(59,60)61)24(25)94-104(71,72)73)89-29-26(88-36-28(96-106(77,78)79)18(44)21(9(2)84-36)92-102(65,66)67)19(45)34(90-30(29)32(48)49)87-22(10(4-39)37-97(50,51)52)23(93-103(68,69)70)13(42)6-81-99(56,57)58/h3,8-10,12-30,33-45H,4-7H2,1-2H3,(H,46,47)(H,48,49)(H,50,51,52)(H,53,54,55)(H,56,57,58)(H,59,60,61)(H,62,63,64)(H,65,66,67)(H,68,69,70)(H,71,72,73)(H,74,75,76)(H,77,78,79)/b11-3-/t8?,9?,10?,12?,13?,14-,15?,16?,17-,18-,19-,20+,21+,22+,23-,24-,25+,26?,27?,28?,29-,30?,33-,34+,35-,36-/m0/s1. The first-order valence-corrected chi connectivity index (χ1v) is 40.9. The van der Waals surface area contributed by atoms with Crippen LogP contribution in [0.4, 0.5) is 0 Å². The van der Waals surface area contributed by atoms with Gasteiger partial charge in [0, 0.05) is 0 Å². The number of aliphatic hydroxyl groups is 7. The Morgan fingerprint density at radius 3 is 1.34 bits per heavy atom. The quantitative estimate of drug-likeness (QED) is 0.0154. The molecule has 11 unspecified atom stereocenters. The van der Waals surface area contributed by atoms with Crippen LogP contribution in [0.1, 0.15) is 13.8 Å². The number of ether oxygens (including phenoxy) is 9. The topological polar surface area (TPSA) is 941 Å². The molecule has 4 saturated heterocycles. The molecule has 0 aromatic rings. The number of rotatable bonds is 41. The third-order valence-corrected chi connectivity index (χ3v) is 18.3. The molecule has 0 radical (unpaired) electrons. The van der Waals surface area contributed by atoms with E-state index in [0.29, 0.717) is 6.92 Å². The fourth-order valence-electron chi connectivity index (χ4n) is 9.66. The molecule has 4 rings (SSSR count). The van der Waals surface area contributed by atoms with Crippen molar-refractivity contribution in [2.75, 3.05) is 26.4 Å². The number of hydrogen-bond donors (Lipinski definition) is 21. The Hall–Kier alpha value is -3.42. The molecule has 106 heavy (non-hydrogen) atoms. The van der Waals surface area contributed by atoms with Gasteiger partial charge in [-0.05, 0) is 19.9 Å². The number of carboxylic acids is 2. The molecule has 0 amide bonds. The molecule has 0 bridgehead atoms. The smallest absolute Gasteiger partial charge is 0.397 e. The van der Waals surface area contributed by atoms with E-state index in [1.54, 1.807) is 0 Å². The van der Waals surface area contributed by atoms with E-state index in [9.17, 15) is 185 Å². The molecule has 60 nitrogen and oxygen atoms in total. The maximum atomic E-state index is 13.7. The van der Waals surface area contributed by atoms with Crippen LogP contribution in [0.5, 0.6) is 0 Å². The summed E-state index contributed by atoms with van der Waals surface area (Å²) in [5.74, 6) is -7.17. The third-order valence-electron chi connectivity index (χ3n) is 13.5. The van der Waals surface area contributed by atoms with E-state index >= 15 is 0 Å². The summed E-state index contributed by atoms with van der Waals surface area (Å²) in [5, 5.41) is 98.5. The van der Waals surface area contributed by atoms with Crippen molar-refractivity contribution >= 4 is 116 Å². The molecular formula is C36H62N2O58S10. The van der Waals surface area contributed by atoms with E-state index in [4.69, 9.17) is 42.6 Å². The SMILES string of the molecule is CC1O[C@@H](OC2[C@H](O[C@@H]3OC(COS(=O)(=O)O)[C@H](OS(=O)(=O)O)[C@H](OCC(O)[C@H](/C=C(\O)C(=O)O)O[C@@H]4OC(C)[C@@H](OS(=O)(=O)O)[C@H](O)C4OS(=O)(=O)O)C3NS(=O)(=O)O)C(C(=O)O)O[C@@H](O[C@H](C(CO)NS(=O)(=O)O)[C@@H](OS(=O)(=O)O)C(O)COS(=O)(=O)O)[C@H]2O)C(OS(=O)(=O)O)[C@@H](O)[C@@H]1OS(=O)(=O)O. The van der Waals surface area contributed by atoms with E-state index in [1.807, 2.05) is 0 Å². The van der Waals surface area contributed by atoms with Crippen molar-refractivity contribution in [3.63, 3.8) is 0 Å². The van der Waals surface area contributed by atoms with E-state index in [0.717, 1.165) is 16.4 Å². The number of hydrogen-bond acceptors (Lipinski definition) is 46. The van der Waals surface area contributed by atoms with Crippen LogP contribution in [0.25, 0.3) is 0 Å². The van der Waals surface area contributed by atoms with E-state index < -0.39 is 307 Å². The average molecular weight is 1770 g/mol.